The van der Waals surface area contributed by atoms with Gasteiger partial charge in [-0.1, -0.05) is 39.5 Å². The Morgan fingerprint density at radius 1 is 1.04 bits per heavy atom. The van der Waals surface area contributed by atoms with Crippen LogP contribution < -0.4 is 0 Å². The summed E-state index contributed by atoms with van der Waals surface area (Å²) in [6.45, 7) is 8.53. The van der Waals surface area contributed by atoms with Crippen molar-refractivity contribution in [3.05, 3.63) is 0 Å². The maximum absolute atomic E-state index is 12.2. The molecule has 0 heterocycles. The Morgan fingerprint density at radius 2 is 1.78 bits per heavy atom. The van der Waals surface area contributed by atoms with Crippen LogP contribution >= 0.6 is 0 Å². The summed E-state index contributed by atoms with van der Waals surface area (Å²) in [6, 6.07) is 0. The van der Waals surface area contributed by atoms with Gasteiger partial charge in [-0.3, -0.25) is 9.59 Å². The fraction of sp³-hybridized carbons (Fsp3) is 0.895. The van der Waals surface area contributed by atoms with Gasteiger partial charge in [0.25, 0.3) is 0 Å². The summed E-state index contributed by atoms with van der Waals surface area (Å²) < 4.78 is 10.8. The maximum atomic E-state index is 12.2. The Morgan fingerprint density at radius 3 is 2.39 bits per heavy atom. The Hall–Kier alpha value is -1.06. The highest BCUT2D eigenvalue weighted by molar-refractivity contribution is 5.75. The molecule has 0 saturated heterocycles. The lowest BCUT2D eigenvalue weighted by Gasteiger charge is -2.33. The van der Waals surface area contributed by atoms with Crippen LogP contribution in [-0.2, 0) is 19.1 Å². The number of esters is 2. The molecule has 0 aromatic carbocycles. The number of ether oxygens (including phenoxy) is 2. The van der Waals surface area contributed by atoms with Crippen LogP contribution in [0.5, 0.6) is 0 Å². The van der Waals surface area contributed by atoms with Gasteiger partial charge in [-0.05, 0) is 45.4 Å². The van der Waals surface area contributed by atoms with Crippen molar-refractivity contribution in [3.8, 4) is 0 Å². The lowest BCUT2D eigenvalue weighted by atomic mass is 9.73. The van der Waals surface area contributed by atoms with E-state index in [1.807, 2.05) is 13.8 Å². The number of hydrogen-bond acceptors (Lipinski definition) is 4. The number of unbranched alkanes of at least 4 members (excludes halogenated alkanes) is 3. The quantitative estimate of drug-likeness (QED) is 0.462. The van der Waals surface area contributed by atoms with E-state index in [2.05, 4.69) is 13.8 Å². The molecular weight excluding hydrogens is 292 g/mol. The minimum atomic E-state index is -0.0989. The van der Waals surface area contributed by atoms with E-state index in [-0.39, 0.29) is 35.8 Å². The van der Waals surface area contributed by atoms with Gasteiger partial charge in [-0.15, -0.1) is 0 Å². The lowest BCUT2D eigenvalue weighted by Crippen LogP contribution is -2.35. The van der Waals surface area contributed by atoms with Crippen molar-refractivity contribution in [2.75, 3.05) is 6.61 Å². The first-order chi connectivity index (χ1) is 11.0. The average Bonchev–Trinajstić information content (AvgIpc) is 2.53. The molecule has 1 aliphatic carbocycles. The first-order valence-electron chi connectivity index (χ1n) is 9.36. The molecule has 134 valence electrons. The first kappa shape index (κ1) is 20.0. The summed E-state index contributed by atoms with van der Waals surface area (Å²) in [5, 5.41) is 0. The second kappa shape index (κ2) is 10.7. The van der Waals surface area contributed by atoms with Crippen LogP contribution in [0, 0.1) is 17.8 Å². The molecule has 23 heavy (non-hydrogen) atoms. The predicted octanol–water partition coefficient (Wildman–Crippen LogP) is 4.50. The van der Waals surface area contributed by atoms with Gasteiger partial charge < -0.3 is 9.47 Å². The second-order valence-corrected chi connectivity index (χ2v) is 7.00. The number of rotatable bonds is 9. The smallest absolute Gasteiger partial charge is 0.309 e. The third-order valence-electron chi connectivity index (χ3n) is 4.74. The van der Waals surface area contributed by atoms with Crippen LogP contribution in [0.2, 0.25) is 0 Å². The van der Waals surface area contributed by atoms with Gasteiger partial charge in [0, 0.05) is 0 Å². The topological polar surface area (TPSA) is 52.6 Å². The van der Waals surface area contributed by atoms with Crippen LogP contribution in [0.3, 0.4) is 0 Å². The van der Waals surface area contributed by atoms with E-state index >= 15 is 0 Å². The normalized spacial score (nSPS) is 24.5. The zero-order chi connectivity index (χ0) is 17.2. The summed E-state index contributed by atoms with van der Waals surface area (Å²) in [7, 11) is 0. The largest absolute Gasteiger partial charge is 0.465 e. The fourth-order valence-corrected chi connectivity index (χ4v) is 3.38. The van der Waals surface area contributed by atoms with Crippen LogP contribution in [0.4, 0.5) is 0 Å². The molecule has 1 rings (SSSR count). The lowest BCUT2D eigenvalue weighted by molar-refractivity contribution is -0.160. The number of hydrogen-bond donors (Lipinski definition) is 0. The molecule has 0 bridgehead atoms. The molecule has 4 nitrogen and oxygen atoms in total. The summed E-state index contributed by atoms with van der Waals surface area (Å²) in [6.07, 6.45) is 7.50. The zero-order valence-electron chi connectivity index (χ0n) is 15.3. The van der Waals surface area contributed by atoms with Crippen LogP contribution in [0.15, 0.2) is 0 Å². The standard InChI is InChI=1S/C19H34O4/c1-5-7-8-9-12-22-18(20)16-10-11-17(15(6-2)13-16)19(21)23-14(3)4/h14-17H,5-13H2,1-4H3. The molecular formula is C19H34O4. The van der Waals surface area contributed by atoms with Crippen molar-refractivity contribution < 1.29 is 19.1 Å². The SMILES string of the molecule is CCCCCCOC(=O)C1CCC(C(=O)OC(C)C)C(CC)C1. The van der Waals surface area contributed by atoms with Crippen molar-refractivity contribution >= 4 is 11.9 Å². The van der Waals surface area contributed by atoms with Crippen LogP contribution in [-0.4, -0.2) is 24.6 Å². The molecule has 0 aromatic rings. The molecule has 1 aliphatic rings. The molecule has 3 atom stereocenters. The molecule has 1 fully saturated rings. The van der Waals surface area contributed by atoms with E-state index in [0.29, 0.717) is 6.61 Å². The van der Waals surface area contributed by atoms with E-state index < -0.39 is 0 Å². The van der Waals surface area contributed by atoms with E-state index in [9.17, 15) is 9.59 Å². The third-order valence-corrected chi connectivity index (χ3v) is 4.74. The zero-order valence-corrected chi connectivity index (χ0v) is 15.3. The number of carbonyl (C=O) groups is 2. The average molecular weight is 326 g/mol. The van der Waals surface area contributed by atoms with Crippen molar-refractivity contribution in [1.82, 2.24) is 0 Å². The van der Waals surface area contributed by atoms with Gasteiger partial charge in [0.05, 0.1) is 24.5 Å². The first-order valence-corrected chi connectivity index (χ1v) is 9.36. The summed E-state index contributed by atoms with van der Waals surface area (Å²) in [5.74, 6) is -0.0493. The van der Waals surface area contributed by atoms with Gasteiger partial charge in [-0.25, -0.2) is 0 Å². The molecule has 1 saturated carbocycles. The second-order valence-electron chi connectivity index (χ2n) is 7.00. The number of carbonyl (C=O) groups excluding carboxylic acids is 2. The van der Waals surface area contributed by atoms with E-state index in [1.54, 1.807) is 0 Å². The van der Waals surface area contributed by atoms with Gasteiger partial charge in [0.2, 0.25) is 0 Å². The van der Waals surface area contributed by atoms with E-state index in [0.717, 1.165) is 38.5 Å². The molecule has 0 amide bonds. The van der Waals surface area contributed by atoms with E-state index in [1.165, 1.54) is 12.8 Å². The van der Waals surface area contributed by atoms with Gasteiger partial charge >= 0.3 is 11.9 Å². The highest BCUT2D eigenvalue weighted by Gasteiger charge is 2.38. The Bertz CT molecular complexity index is 364. The molecule has 3 unspecified atom stereocenters. The van der Waals surface area contributed by atoms with Gasteiger partial charge in [-0.2, -0.15) is 0 Å². The molecule has 0 radical (unpaired) electrons. The summed E-state index contributed by atoms with van der Waals surface area (Å²) >= 11 is 0. The fourth-order valence-electron chi connectivity index (χ4n) is 3.38. The molecule has 0 aromatic heterocycles. The van der Waals surface area contributed by atoms with Gasteiger partial charge in [0.1, 0.15) is 0 Å². The Labute approximate surface area is 141 Å². The molecule has 4 heteroatoms. The highest BCUT2D eigenvalue weighted by atomic mass is 16.5. The summed E-state index contributed by atoms with van der Waals surface area (Å²) in [4.78, 5) is 24.4. The van der Waals surface area contributed by atoms with Crippen molar-refractivity contribution in [3.63, 3.8) is 0 Å². The van der Waals surface area contributed by atoms with Crippen LogP contribution in [0.1, 0.15) is 79.1 Å². The molecule has 0 N–H and O–H groups in total. The third kappa shape index (κ3) is 6.92. The molecule has 0 aliphatic heterocycles. The maximum Gasteiger partial charge on any atom is 0.309 e. The summed E-state index contributed by atoms with van der Waals surface area (Å²) in [5.41, 5.74) is 0. The van der Waals surface area contributed by atoms with Crippen molar-refractivity contribution in [2.24, 2.45) is 17.8 Å². The Kier molecular flexibility index (Phi) is 9.27. The highest BCUT2D eigenvalue weighted by Crippen LogP contribution is 2.37. The predicted molar refractivity (Wildman–Crippen MR) is 90.9 cm³/mol. The van der Waals surface area contributed by atoms with Crippen molar-refractivity contribution in [2.45, 2.75) is 85.2 Å². The molecule has 0 spiro atoms. The van der Waals surface area contributed by atoms with Gasteiger partial charge in [0.15, 0.2) is 0 Å². The van der Waals surface area contributed by atoms with Crippen molar-refractivity contribution in [1.29, 1.82) is 0 Å². The van der Waals surface area contributed by atoms with Crippen LogP contribution in [0.25, 0.3) is 0 Å². The minimum absolute atomic E-state index is 0.0470. The van der Waals surface area contributed by atoms with E-state index in [4.69, 9.17) is 9.47 Å². The minimum Gasteiger partial charge on any atom is -0.465 e. The Balaban J connectivity index is 2.41. The monoisotopic (exact) mass is 326 g/mol.